The SMILES string of the molecule is COc1ccc(CCC(=O)N(CCc2ccccc2)CCS(=O)(=O)N2CCNCC2)cc1.O=C(O)C(F)(F)F. The smallest absolute Gasteiger partial charge is 0.490 e. The molecule has 1 aliphatic rings. The Bertz CT molecular complexity index is 1140. The number of piperazine rings is 1. The lowest BCUT2D eigenvalue weighted by molar-refractivity contribution is -0.192. The Labute approximate surface area is 226 Å². The fourth-order valence-electron chi connectivity index (χ4n) is 3.75. The van der Waals surface area contributed by atoms with Gasteiger partial charge >= 0.3 is 12.1 Å². The van der Waals surface area contributed by atoms with Crippen LogP contribution in [0, 0.1) is 0 Å². The molecule has 1 saturated heterocycles. The average Bonchev–Trinajstić information content (AvgIpc) is 2.93. The van der Waals surface area contributed by atoms with Crippen molar-refractivity contribution in [2.24, 2.45) is 0 Å². The van der Waals surface area contributed by atoms with Crippen LogP contribution in [0.15, 0.2) is 54.6 Å². The number of aryl methyl sites for hydroxylation is 1. The van der Waals surface area contributed by atoms with Crippen LogP contribution in [-0.4, -0.2) is 92.9 Å². The van der Waals surface area contributed by atoms with Crippen LogP contribution < -0.4 is 10.1 Å². The summed E-state index contributed by atoms with van der Waals surface area (Å²) >= 11 is 0. The Balaban J connectivity index is 0.000000673. The van der Waals surface area contributed by atoms with Gasteiger partial charge in [0.05, 0.1) is 12.9 Å². The number of hydrogen-bond donors (Lipinski definition) is 2. The lowest BCUT2D eigenvalue weighted by Gasteiger charge is -2.28. The zero-order valence-electron chi connectivity index (χ0n) is 21.7. The van der Waals surface area contributed by atoms with Crippen molar-refractivity contribution in [2.45, 2.75) is 25.4 Å². The molecule has 1 amide bonds. The number of hydrogen-bond acceptors (Lipinski definition) is 6. The molecular formula is C26H34F3N3O6S. The number of aliphatic carboxylic acids is 1. The van der Waals surface area contributed by atoms with Gasteiger partial charge < -0.3 is 20.1 Å². The number of amides is 1. The fraction of sp³-hybridized carbons (Fsp3) is 0.462. The number of carbonyl (C=O) groups excluding carboxylic acids is 1. The van der Waals surface area contributed by atoms with E-state index in [1.54, 1.807) is 12.0 Å². The summed E-state index contributed by atoms with van der Waals surface area (Å²) in [6.07, 6.45) is -3.44. The first-order chi connectivity index (χ1) is 18.4. The van der Waals surface area contributed by atoms with Crippen molar-refractivity contribution < 1.29 is 41.0 Å². The minimum absolute atomic E-state index is 0.0211. The monoisotopic (exact) mass is 573 g/mol. The molecule has 2 aromatic carbocycles. The highest BCUT2D eigenvalue weighted by molar-refractivity contribution is 7.89. The molecule has 13 heteroatoms. The number of rotatable bonds is 11. The molecule has 0 atom stereocenters. The van der Waals surface area contributed by atoms with Crippen molar-refractivity contribution >= 4 is 21.9 Å². The van der Waals surface area contributed by atoms with Gasteiger partial charge in [-0.05, 0) is 36.1 Å². The third-order valence-electron chi connectivity index (χ3n) is 5.98. The van der Waals surface area contributed by atoms with Gasteiger partial charge in [-0.2, -0.15) is 17.5 Å². The maximum Gasteiger partial charge on any atom is 0.490 e. The summed E-state index contributed by atoms with van der Waals surface area (Å²) in [5.74, 6) is -2.04. The van der Waals surface area contributed by atoms with E-state index in [1.165, 1.54) is 4.31 Å². The topological polar surface area (TPSA) is 116 Å². The Morgan fingerprint density at radius 3 is 2.08 bits per heavy atom. The van der Waals surface area contributed by atoms with Gasteiger partial charge in [0, 0.05) is 45.7 Å². The van der Waals surface area contributed by atoms with Gasteiger partial charge in [-0.15, -0.1) is 0 Å². The molecule has 0 spiro atoms. The van der Waals surface area contributed by atoms with Gasteiger partial charge in [-0.25, -0.2) is 13.2 Å². The molecule has 0 radical (unpaired) electrons. The van der Waals surface area contributed by atoms with Crippen LogP contribution in [-0.2, 0) is 32.5 Å². The van der Waals surface area contributed by atoms with E-state index in [4.69, 9.17) is 14.6 Å². The first-order valence-electron chi connectivity index (χ1n) is 12.4. The first-order valence-corrected chi connectivity index (χ1v) is 14.0. The molecule has 0 aromatic heterocycles. The highest BCUT2D eigenvalue weighted by atomic mass is 32.2. The first kappa shape index (κ1) is 32.1. The van der Waals surface area contributed by atoms with Crippen LogP contribution in [0.25, 0.3) is 0 Å². The number of halogens is 3. The van der Waals surface area contributed by atoms with Crippen LogP contribution in [0.1, 0.15) is 17.5 Å². The average molecular weight is 574 g/mol. The normalized spacial score (nSPS) is 14.2. The molecule has 1 fully saturated rings. The van der Waals surface area contributed by atoms with Crippen LogP contribution in [0.3, 0.4) is 0 Å². The predicted molar refractivity (Wildman–Crippen MR) is 140 cm³/mol. The van der Waals surface area contributed by atoms with Crippen molar-refractivity contribution in [1.29, 1.82) is 0 Å². The second-order valence-electron chi connectivity index (χ2n) is 8.73. The predicted octanol–water partition coefficient (Wildman–Crippen LogP) is 2.57. The number of nitrogens with one attached hydrogen (secondary N) is 1. The van der Waals surface area contributed by atoms with E-state index >= 15 is 0 Å². The number of carboxylic acids is 1. The lowest BCUT2D eigenvalue weighted by Crippen LogP contribution is -2.48. The molecule has 0 aliphatic carbocycles. The van der Waals surface area contributed by atoms with Gasteiger partial charge in [0.25, 0.3) is 0 Å². The maximum atomic E-state index is 13.0. The molecule has 2 aromatic rings. The summed E-state index contributed by atoms with van der Waals surface area (Å²) in [7, 11) is -1.76. The van der Waals surface area contributed by atoms with E-state index in [0.29, 0.717) is 52.0 Å². The van der Waals surface area contributed by atoms with E-state index < -0.39 is 22.2 Å². The maximum absolute atomic E-state index is 13.0. The number of ether oxygens (including phenoxy) is 1. The largest absolute Gasteiger partial charge is 0.497 e. The molecule has 216 valence electrons. The van der Waals surface area contributed by atoms with Crippen molar-refractivity contribution in [3.05, 3.63) is 65.7 Å². The standard InChI is InChI=1S/C24H33N3O4S.C2HF3O2/c1-31-23-10-7-22(8-11-23)9-12-24(28)26(16-13-21-5-3-2-4-6-21)19-20-32(29,30)27-17-14-25-15-18-27;3-2(4,5)1(6)7/h2-8,10-11,25H,9,12-20H2,1H3;(H,6,7). The summed E-state index contributed by atoms with van der Waals surface area (Å²) in [6, 6.07) is 17.6. The van der Waals surface area contributed by atoms with Gasteiger partial charge in [-0.3, -0.25) is 4.79 Å². The summed E-state index contributed by atoms with van der Waals surface area (Å²) in [5, 5.41) is 10.3. The number of alkyl halides is 3. The molecule has 9 nitrogen and oxygen atoms in total. The second kappa shape index (κ2) is 15.4. The molecule has 0 saturated carbocycles. The Kier molecular flexibility index (Phi) is 12.7. The molecule has 2 N–H and O–H groups in total. The Hall–Kier alpha value is -3.16. The lowest BCUT2D eigenvalue weighted by atomic mass is 10.1. The van der Waals surface area contributed by atoms with E-state index in [0.717, 1.165) is 16.9 Å². The Morgan fingerprint density at radius 1 is 0.974 bits per heavy atom. The van der Waals surface area contributed by atoms with Crippen molar-refractivity contribution in [2.75, 3.05) is 52.1 Å². The summed E-state index contributed by atoms with van der Waals surface area (Å²) in [5.41, 5.74) is 2.18. The van der Waals surface area contributed by atoms with Crippen molar-refractivity contribution in [1.82, 2.24) is 14.5 Å². The van der Waals surface area contributed by atoms with Gasteiger partial charge in [0.2, 0.25) is 15.9 Å². The quantitative estimate of drug-likeness (QED) is 0.425. The number of carbonyl (C=O) groups is 2. The summed E-state index contributed by atoms with van der Waals surface area (Å²) in [4.78, 5) is 23.6. The van der Waals surface area contributed by atoms with Crippen LogP contribution >= 0.6 is 0 Å². The number of methoxy groups -OCH3 is 1. The van der Waals surface area contributed by atoms with E-state index in [9.17, 15) is 26.4 Å². The zero-order chi connectivity index (χ0) is 28.9. The number of nitrogens with zero attached hydrogens (tertiary/aromatic N) is 2. The van der Waals surface area contributed by atoms with Gasteiger partial charge in [0.1, 0.15) is 5.75 Å². The number of sulfonamides is 1. The summed E-state index contributed by atoms with van der Waals surface area (Å²) in [6.45, 7) is 3.01. The van der Waals surface area contributed by atoms with Crippen LogP contribution in [0.4, 0.5) is 13.2 Å². The van der Waals surface area contributed by atoms with Crippen LogP contribution in [0.5, 0.6) is 5.75 Å². The van der Waals surface area contributed by atoms with E-state index in [-0.39, 0.29) is 18.2 Å². The highest BCUT2D eigenvalue weighted by Crippen LogP contribution is 2.14. The molecule has 39 heavy (non-hydrogen) atoms. The third-order valence-corrected chi connectivity index (χ3v) is 7.83. The molecular weight excluding hydrogens is 539 g/mol. The molecule has 0 bridgehead atoms. The Morgan fingerprint density at radius 2 is 1.54 bits per heavy atom. The number of carboxylic acid groups (broad SMARTS) is 1. The van der Waals surface area contributed by atoms with Crippen molar-refractivity contribution in [3.63, 3.8) is 0 Å². The fourth-order valence-corrected chi connectivity index (χ4v) is 5.20. The summed E-state index contributed by atoms with van der Waals surface area (Å²) < 4.78 is 64.0. The molecule has 1 heterocycles. The van der Waals surface area contributed by atoms with E-state index in [1.807, 2.05) is 54.6 Å². The number of benzene rings is 2. The van der Waals surface area contributed by atoms with E-state index in [2.05, 4.69) is 5.32 Å². The highest BCUT2D eigenvalue weighted by Gasteiger charge is 2.38. The molecule has 3 rings (SSSR count). The zero-order valence-corrected chi connectivity index (χ0v) is 22.5. The van der Waals surface area contributed by atoms with Crippen LogP contribution in [0.2, 0.25) is 0 Å². The molecule has 1 aliphatic heterocycles. The van der Waals surface area contributed by atoms with Gasteiger partial charge in [-0.1, -0.05) is 42.5 Å². The minimum Gasteiger partial charge on any atom is -0.497 e. The van der Waals surface area contributed by atoms with Crippen molar-refractivity contribution in [3.8, 4) is 5.75 Å². The minimum atomic E-state index is -5.08. The third kappa shape index (κ3) is 11.6. The second-order valence-corrected chi connectivity index (χ2v) is 10.8. The molecule has 0 unspecified atom stereocenters. The van der Waals surface area contributed by atoms with Gasteiger partial charge in [0.15, 0.2) is 0 Å².